The van der Waals surface area contributed by atoms with E-state index in [9.17, 15) is 0 Å². The minimum atomic E-state index is -0.258. The highest BCUT2D eigenvalue weighted by molar-refractivity contribution is 7.98. The van der Waals surface area contributed by atoms with E-state index in [1.54, 1.807) is 11.8 Å². The zero-order valence-corrected chi connectivity index (χ0v) is 11.6. The molecule has 0 aliphatic heterocycles. The Hall–Kier alpha value is -0.900. The van der Waals surface area contributed by atoms with Crippen molar-refractivity contribution < 1.29 is 9.47 Å². The van der Waals surface area contributed by atoms with Crippen LogP contribution in [0.25, 0.3) is 0 Å². The Morgan fingerprint density at radius 3 is 2.53 bits per heavy atom. The topological polar surface area (TPSA) is 31.4 Å². The van der Waals surface area contributed by atoms with Gasteiger partial charge >= 0.3 is 0 Å². The summed E-state index contributed by atoms with van der Waals surface area (Å²) in [6, 6.07) is 3.93. The maximum Gasteiger partial charge on any atom is 0.258 e. The second-order valence-electron chi connectivity index (χ2n) is 5.19. The monoisotopic (exact) mass is 253 g/mol. The minimum absolute atomic E-state index is 0.258. The van der Waals surface area contributed by atoms with Crippen molar-refractivity contribution in [1.82, 2.24) is 4.98 Å². The van der Waals surface area contributed by atoms with Gasteiger partial charge in [-0.1, -0.05) is 0 Å². The van der Waals surface area contributed by atoms with Crippen LogP contribution in [0.2, 0.25) is 0 Å². The standard InChI is InChI=1S/C13H19NO2S/c1-13(2,3)16-12-10(15-9-5-6-9)7-8-11(14-12)17-4/h7-9H,5-6H2,1-4H3. The van der Waals surface area contributed by atoms with Gasteiger partial charge in [-0.15, -0.1) is 11.8 Å². The van der Waals surface area contributed by atoms with Gasteiger partial charge in [0.25, 0.3) is 5.88 Å². The summed E-state index contributed by atoms with van der Waals surface area (Å²) in [5.41, 5.74) is -0.258. The molecule has 0 bridgehead atoms. The van der Waals surface area contributed by atoms with E-state index < -0.39 is 0 Å². The zero-order valence-electron chi connectivity index (χ0n) is 10.8. The van der Waals surface area contributed by atoms with Crippen LogP contribution in [0.15, 0.2) is 17.2 Å². The van der Waals surface area contributed by atoms with E-state index >= 15 is 0 Å². The Labute approximate surface area is 107 Å². The van der Waals surface area contributed by atoms with Crippen LogP contribution in [-0.2, 0) is 0 Å². The quantitative estimate of drug-likeness (QED) is 0.768. The number of nitrogens with zero attached hydrogens (tertiary/aromatic N) is 1. The van der Waals surface area contributed by atoms with Crippen LogP contribution in [0, 0.1) is 0 Å². The van der Waals surface area contributed by atoms with Crippen molar-refractivity contribution in [2.24, 2.45) is 0 Å². The molecule has 1 saturated carbocycles. The molecule has 1 fully saturated rings. The van der Waals surface area contributed by atoms with E-state index in [1.807, 2.05) is 39.2 Å². The lowest BCUT2D eigenvalue weighted by Gasteiger charge is -2.22. The lowest BCUT2D eigenvalue weighted by Crippen LogP contribution is -2.24. The molecule has 0 N–H and O–H groups in total. The first-order valence-corrected chi connectivity index (χ1v) is 7.11. The van der Waals surface area contributed by atoms with E-state index in [2.05, 4.69) is 4.98 Å². The summed E-state index contributed by atoms with van der Waals surface area (Å²) in [6.45, 7) is 6.05. The SMILES string of the molecule is CSc1ccc(OC2CC2)c(OC(C)(C)C)n1. The van der Waals surface area contributed by atoms with Crippen molar-refractivity contribution >= 4 is 11.8 Å². The smallest absolute Gasteiger partial charge is 0.258 e. The number of hydrogen-bond acceptors (Lipinski definition) is 4. The third-order valence-electron chi connectivity index (χ3n) is 2.23. The zero-order chi connectivity index (χ0) is 12.5. The average molecular weight is 253 g/mol. The highest BCUT2D eigenvalue weighted by Gasteiger charge is 2.26. The summed E-state index contributed by atoms with van der Waals surface area (Å²) in [7, 11) is 0. The predicted molar refractivity (Wildman–Crippen MR) is 70.0 cm³/mol. The summed E-state index contributed by atoms with van der Waals surface area (Å²) in [4.78, 5) is 4.47. The molecule has 3 nitrogen and oxygen atoms in total. The molecule has 1 aromatic heterocycles. The normalized spacial score (nSPS) is 15.8. The molecule has 0 atom stereocenters. The summed E-state index contributed by atoms with van der Waals surface area (Å²) < 4.78 is 11.7. The molecular formula is C13H19NO2S. The molecule has 0 unspecified atom stereocenters. The first-order chi connectivity index (χ1) is 7.98. The van der Waals surface area contributed by atoms with Gasteiger partial charge in [0.1, 0.15) is 10.6 Å². The second-order valence-corrected chi connectivity index (χ2v) is 6.02. The van der Waals surface area contributed by atoms with Crippen LogP contribution >= 0.6 is 11.8 Å². The van der Waals surface area contributed by atoms with Gasteiger partial charge in [0, 0.05) is 0 Å². The van der Waals surface area contributed by atoms with E-state index in [-0.39, 0.29) is 5.60 Å². The number of ether oxygens (including phenoxy) is 2. The fourth-order valence-electron chi connectivity index (χ4n) is 1.34. The van der Waals surface area contributed by atoms with Gasteiger partial charge < -0.3 is 9.47 Å². The summed E-state index contributed by atoms with van der Waals surface area (Å²) in [6.07, 6.45) is 4.64. The molecule has 1 aromatic rings. The van der Waals surface area contributed by atoms with Gasteiger partial charge in [0.2, 0.25) is 0 Å². The van der Waals surface area contributed by atoms with Gasteiger partial charge in [-0.05, 0) is 52.0 Å². The van der Waals surface area contributed by atoms with Gasteiger partial charge in [0.15, 0.2) is 5.75 Å². The number of thioether (sulfide) groups is 1. The Kier molecular flexibility index (Phi) is 3.52. The van der Waals surface area contributed by atoms with Gasteiger partial charge in [0.05, 0.1) is 6.10 Å². The highest BCUT2D eigenvalue weighted by atomic mass is 32.2. The van der Waals surface area contributed by atoms with E-state index in [0.717, 1.165) is 23.6 Å². The van der Waals surface area contributed by atoms with Crippen LogP contribution in [0.4, 0.5) is 0 Å². The average Bonchev–Trinajstić information content (AvgIpc) is 3.02. The molecule has 17 heavy (non-hydrogen) atoms. The van der Waals surface area contributed by atoms with Crippen molar-refractivity contribution in [2.75, 3.05) is 6.26 Å². The van der Waals surface area contributed by atoms with Gasteiger partial charge in [-0.3, -0.25) is 0 Å². The first kappa shape index (κ1) is 12.6. The molecule has 1 aliphatic rings. The van der Waals surface area contributed by atoms with Crippen molar-refractivity contribution in [3.05, 3.63) is 12.1 Å². The number of pyridine rings is 1. The molecule has 94 valence electrons. The summed E-state index contributed by atoms with van der Waals surface area (Å²) in [5, 5.41) is 0.951. The molecule has 0 aromatic carbocycles. The number of hydrogen-bond donors (Lipinski definition) is 0. The molecule has 2 rings (SSSR count). The van der Waals surface area contributed by atoms with Crippen molar-refractivity contribution in [1.29, 1.82) is 0 Å². The molecule has 0 amide bonds. The van der Waals surface area contributed by atoms with Gasteiger partial charge in [-0.25, -0.2) is 4.98 Å². The van der Waals surface area contributed by atoms with E-state index in [0.29, 0.717) is 12.0 Å². The van der Waals surface area contributed by atoms with E-state index in [1.165, 1.54) is 0 Å². The van der Waals surface area contributed by atoms with Crippen LogP contribution < -0.4 is 9.47 Å². The Bertz CT molecular complexity index is 397. The highest BCUT2D eigenvalue weighted by Crippen LogP contribution is 2.35. The Balaban J connectivity index is 2.22. The summed E-state index contributed by atoms with van der Waals surface area (Å²) >= 11 is 1.61. The maximum absolute atomic E-state index is 5.85. The summed E-state index contributed by atoms with van der Waals surface area (Å²) in [5.74, 6) is 1.37. The lowest BCUT2D eigenvalue weighted by atomic mass is 10.2. The largest absolute Gasteiger partial charge is 0.485 e. The second kappa shape index (κ2) is 4.77. The molecule has 0 radical (unpaired) electrons. The fourth-order valence-corrected chi connectivity index (χ4v) is 1.72. The van der Waals surface area contributed by atoms with Gasteiger partial charge in [-0.2, -0.15) is 0 Å². The van der Waals surface area contributed by atoms with Crippen molar-refractivity contribution in [3.8, 4) is 11.6 Å². The van der Waals surface area contributed by atoms with Crippen LogP contribution in [0.5, 0.6) is 11.6 Å². The molecule has 0 saturated heterocycles. The van der Waals surface area contributed by atoms with Crippen LogP contribution in [0.1, 0.15) is 33.6 Å². The molecule has 4 heteroatoms. The Morgan fingerprint density at radius 2 is 2.00 bits per heavy atom. The molecule has 1 aliphatic carbocycles. The molecular weight excluding hydrogens is 234 g/mol. The van der Waals surface area contributed by atoms with Crippen molar-refractivity contribution in [2.45, 2.75) is 50.3 Å². The third kappa shape index (κ3) is 3.80. The fraction of sp³-hybridized carbons (Fsp3) is 0.615. The molecule has 1 heterocycles. The lowest BCUT2D eigenvalue weighted by molar-refractivity contribution is 0.114. The van der Waals surface area contributed by atoms with Crippen LogP contribution in [0.3, 0.4) is 0 Å². The minimum Gasteiger partial charge on any atom is -0.485 e. The van der Waals surface area contributed by atoms with E-state index in [4.69, 9.17) is 9.47 Å². The molecule has 0 spiro atoms. The maximum atomic E-state index is 5.85. The number of aromatic nitrogens is 1. The predicted octanol–water partition coefficient (Wildman–Crippen LogP) is 3.52. The first-order valence-electron chi connectivity index (χ1n) is 5.88. The third-order valence-corrected chi connectivity index (χ3v) is 2.88. The van der Waals surface area contributed by atoms with Crippen LogP contribution in [-0.4, -0.2) is 22.9 Å². The van der Waals surface area contributed by atoms with Crippen molar-refractivity contribution in [3.63, 3.8) is 0 Å². The Morgan fingerprint density at radius 1 is 1.29 bits per heavy atom. The number of rotatable bonds is 4.